The topological polar surface area (TPSA) is 71.1 Å². The summed E-state index contributed by atoms with van der Waals surface area (Å²) in [5, 5.41) is 17.5. The maximum absolute atomic E-state index is 8.87. The molecule has 1 unspecified atom stereocenters. The van der Waals surface area contributed by atoms with E-state index in [0.717, 1.165) is 36.3 Å². The molecule has 2 aromatic rings. The van der Waals surface area contributed by atoms with Gasteiger partial charge < -0.3 is 4.57 Å². The van der Waals surface area contributed by atoms with Crippen molar-refractivity contribution in [2.75, 3.05) is 0 Å². The van der Waals surface area contributed by atoms with Crippen molar-refractivity contribution < 1.29 is 10.1 Å². The first-order valence-electron chi connectivity index (χ1n) is 6.65. The predicted molar refractivity (Wildman–Crippen MR) is 71.9 cm³/mol. The SMILES string of the molecule is N#Cc1ccc(C2CCCc3cnc(COO)n32)cc1. The number of fused-ring (bicyclic) bond motifs is 1. The summed E-state index contributed by atoms with van der Waals surface area (Å²) in [6.07, 6.45) is 4.97. The molecule has 3 rings (SSSR count). The Morgan fingerprint density at radius 1 is 1.40 bits per heavy atom. The Bertz CT molecular complexity index is 640. The maximum Gasteiger partial charge on any atom is 0.140 e. The first-order chi connectivity index (χ1) is 9.83. The van der Waals surface area contributed by atoms with Crippen molar-refractivity contribution in [1.29, 1.82) is 5.26 Å². The van der Waals surface area contributed by atoms with E-state index < -0.39 is 0 Å². The van der Waals surface area contributed by atoms with E-state index in [0.29, 0.717) is 5.56 Å². The maximum atomic E-state index is 8.87. The molecule has 20 heavy (non-hydrogen) atoms. The van der Waals surface area contributed by atoms with Crippen molar-refractivity contribution in [3.63, 3.8) is 0 Å². The zero-order valence-corrected chi connectivity index (χ0v) is 11.0. The Morgan fingerprint density at radius 3 is 2.90 bits per heavy atom. The summed E-state index contributed by atoms with van der Waals surface area (Å²) in [7, 11) is 0. The molecule has 1 N–H and O–H groups in total. The van der Waals surface area contributed by atoms with Crippen molar-refractivity contribution in [2.45, 2.75) is 31.9 Å². The Kier molecular flexibility index (Phi) is 3.50. The van der Waals surface area contributed by atoms with Gasteiger partial charge in [0.1, 0.15) is 12.4 Å². The summed E-state index contributed by atoms with van der Waals surface area (Å²) in [5.74, 6) is 0.733. The van der Waals surface area contributed by atoms with Gasteiger partial charge in [-0.2, -0.15) is 5.26 Å². The number of imidazole rings is 1. The monoisotopic (exact) mass is 269 g/mol. The largest absolute Gasteiger partial charge is 0.323 e. The van der Waals surface area contributed by atoms with Gasteiger partial charge in [0.05, 0.1) is 17.7 Å². The smallest absolute Gasteiger partial charge is 0.140 e. The van der Waals surface area contributed by atoms with Gasteiger partial charge in [-0.3, -0.25) is 5.26 Å². The van der Waals surface area contributed by atoms with Crippen LogP contribution in [0.2, 0.25) is 0 Å². The van der Waals surface area contributed by atoms with Crippen LogP contribution in [-0.2, 0) is 17.9 Å². The molecule has 1 aliphatic heterocycles. The van der Waals surface area contributed by atoms with E-state index in [9.17, 15) is 0 Å². The van der Waals surface area contributed by atoms with Crippen LogP contribution in [0.3, 0.4) is 0 Å². The lowest BCUT2D eigenvalue weighted by Gasteiger charge is -2.27. The van der Waals surface area contributed by atoms with Crippen LogP contribution in [0, 0.1) is 11.3 Å². The molecule has 1 aromatic heterocycles. The number of aromatic nitrogens is 2. The summed E-state index contributed by atoms with van der Waals surface area (Å²) in [6.45, 7) is 0.0901. The van der Waals surface area contributed by atoms with Crippen LogP contribution in [0.5, 0.6) is 0 Å². The lowest BCUT2D eigenvalue weighted by atomic mass is 9.95. The predicted octanol–water partition coefficient (Wildman–Crippen LogP) is 2.67. The highest BCUT2D eigenvalue weighted by Gasteiger charge is 2.24. The third-order valence-corrected chi connectivity index (χ3v) is 3.79. The van der Waals surface area contributed by atoms with E-state index in [1.807, 2.05) is 30.5 Å². The quantitative estimate of drug-likeness (QED) is 0.687. The summed E-state index contributed by atoms with van der Waals surface area (Å²) in [5.41, 5.74) is 2.98. The minimum absolute atomic E-state index is 0.0901. The molecule has 0 fully saturated rings. The lowest BCUT2D eigenvalue weighted by Crippen LogP contribution is -2.21. The highest BCUT2D eigenvalue weighted by atomic mass is 17.1. The Labute approximate surface area is 117 Å². The number of nitrogens with zero attached hydrogens (tertiary/aromatic N) is 3. The molecule has 0 amide bonds. The minimum Gasteiger partial charge on any atom is -0.323 e. The van der Waals surface area contributed by atoms with Crippen molar-refractivity contribution in [3.05, 3.63) is 53.1 Å². The van der Waals surface area contributed by atoms with E-state index in [2.05, 4.69) is 20.5 Å². The number of rotatable bonds is 3. The highest BCUT2D eigenvalue weighted by molar-refractivity contribution is 5.34. The Hall–Kier alpha value is -2.16. The number of aryl methyl sites for hydroxylation is 1. The van der Waals surface area contributed by atoms with Crippen molar-refractivity contribution >= 4 is 0 Å². The second kappa shape index (κ2) is 5.45. The first-order valence-corrected chi connectivity index (χ1v) is 6.65. The molecule has 0 saturated heterocycles. The molecule has 1 aliphatic rings. The lowest BCUT2D eigenvalue weighted by molar-refractivity contribution is -0.255. The van der Waals surface area contributed by atoms with Crippen LogP contribution in [0.1, 0.15) is 41.5 Å². The zero-order chi connectivity index (χ0) is 13.9. The summed E-state index contributed by atoms with van der Waals surface area (Å²) in [4.78, 5) is 8.57. The Balaban J connectivity index is 1.99. The third kappa shape index (κ3) is 2.20. The number of nitriles is 1. The van der Waals surface area contributed by atoms with Crippen molar-refractivity contribution in [3.8, 4) is 6.07 Å². The van der Waals surface area contributed by atoms with Gasteiger partial charge in [0.15, 0.2) is 0 Å². The Morgan fingerprint density at radius 2 is 2.20 bits per heavy atom. The average molecular weight is 269 g/mol. The van der Waals surface area contributed by atoms with Gasteiger partial charge in [0, 0.05) is 11.9 Å². The van der Waals surface area contributed by atoms with Crippen molar-refractivity contribution in [1.82, 2.24) is 9.55 Å². The summed E-state index contributed by atoms with van der Waals surface area (Å²) < 4.78 is 2.14. The molecule has 0 bridgehead atoms. The normalized spacial score (nSPS) is 17.5. The van der Waals surface area contributed by atoms with Crippen LogP contribution in [0.25, 0.3) is 0 Å². The molecule has 5 nitrogen and oxygen atoms in total. The highest BCUT2D eigenvalue weighted by Crippen LogP contribution is 2.32. The fourth-order valence-corrected chi connectivity index (χ4v) is 2.87. The van der Waals surface area contributed by atoms with E-state index in [1.165, 1.54) is 0 Å². The molecule has 1 aromatic carbocycles. The van der Waals surface area contributed by atoms with Crippen LogP contribution in [0.15, 0.2) is 30.5 Å². The van der Waals surface area contributed by atoms with Gasteiger partial charge in [-0.15, -0.1) is 0 Å². The van der Waals surface area contributed by atoms with E-state index >= 15 is 0 Å². The van der Waals surface area contributed by atoms with E-state index in [-0.39, 0.29) is 12.6 Å². The van der Waals surface area contributed by atoms with Crippen LogP contribution >= 0.6 is 0 Å². The standard InChI is InChI=1S/C15H15N3O2/c16-8-11-4-6-12(7-5-11)14-3-1-2-13-9-17-15(10-20-19)18(13)14/h4-7,9,14,19H,1-3,10H2. The molecule has 2 heterocycles. The fraction of sp³-hybridized carbons (Fsp3) is 0.333. The average Bonchev–Trinajstić information content (AvgIpc) is 2.91. The number of benzene rings is 1. The molecule has 0 spiro atoms. The molecule has 0 saturated carbocycles. The molecule has 5 heteroatoms. The van der Waals surface area contributed by atoms with E-state index in [4.69, 9.17) is 10.5 Å². The van der Waals surface area contributed by atoms with Crippen molar-refractivity contribution in [2.24, 2.45) is 0 Å². The fourth-order valence-electron chi connectivity index (χ4n) is 2.87. The van der Waals surface area contributed by atoms with Gasteiger partial charge >= 0.3 is 0 Å². The molecular formula is C15H15N3O2. The van der Waals surface area contributed by atoms with E-state index in [1.54, 1.807) is 0 Å². The van der Waals surface area contributed by atoms with Gasteiger partial charge in [-0.05, 0) is 37.0 Å². The minimum atomic E-state index is 0.0901. The first kappa shape index (κ1) is 12.9. The summed E-state index contributed by atoms with van der Waals surface area (Å²) in [6, 6.07) is 9.97. The van der Waals surface area contributed by atoms with Gasteiger partial charge in [0.2, 0.25) is 0 Å². The third-order valence-electron chi connectivity index (χ3n) is 3.79. The van der Waals surface area contributed by atoms with Crippen LogP contribution in [-0.4, -0.2) is 14.8 Å². The van der Waals surface area contributed by atoms with Gasteiger partial charge in [-0.25, -0.2) is 9.87 Å². The molecule has 0 radical (unpaired) electrons. The second-order valence-corrected chi connectivity index (χ2v) is 4.95. The number of hydrogen-bond donors (Lipinski definition) is 1. The van der Waals surface area contributed by atoms with Crippen LogP contribution < -0.4 is 0 Å². The van der Waals surface area contributed by atoms with Crippen LogP contribution in [0.4, 0.5) is 0 Å². The zero-order valence-electron chi connectivity index (χ0n) is 11.0. The molecule has 0 aliphatic carbocycles. The number of hydrogen-bond acceptors (Lipinski definition) is 4. The molecule has 1 atom stereocenters. The summed E-state index contributed by atoms with van der Waals surface area (Å²) >= 11 is 0. The molecular weight excluding hydrogens is 254 g/mol. The second-order valence-electron chi connectivity index (χ2n) is 4.95. The molecule has 102 valence electrons. The van der Waals surface area contributed by atoms with Gasteiger partial charge in [0.25, 0.3) is 0 Å². The van der Waals surface area contributed by atoms with Gasteiger partial charge in [-0.1, -0.05) is 12.1 Å².